The SMILES string of the molecule is CCC(Cc1ccccc1)(Cc1ccc(N(CCO)CCOC(C)=O)cc1)N(C)C. The van der Waals surface area contributed by atoms with E-state index in [9.17, 15) is 9.90 Å². The van der Waals surface area contributed by atoms with Crippen molar-refractivity contribution in [2.75, 3.05) is 45.3 Å². The normalized spacial score (nSPS) is 13.1. The topological polar surface area (TPSA) is 53.0 Å². The Morgan fingerprint density at radius 1 is 0.967 bits per heavy atom. The number of aliphatic hydroxyl groups is 1. The molecule has 0 amide bonds. The lowest BCUT2D eigenvalue weighted by Crippen LogP contribution is -2.47. The number of ether oxygens (including phenoxy) is 1. The lowest BCUT2D eigenvalue weighted by molar-refractivity contribution is -0.140. The molecule has 0 spiro atoms. The Morgan fingerprint density at radius 3 is 2.07 bits per heavy atom. The van der Waals surface area contributed by atoms with Crippen LogP contribution >= 0.6 is 0 Å². The highest BCUT2D eigenvalue weighted by atomic mass is 16.5. The van der Waals surface area contributed by atoms with Gasteiger partial charge in [-0.15, -0.1) is 0 Å². The van der Waals surface area contributed by atoms with E-state index in [1.807, 2.05) is 4.90 Å². The summed E-state index contributed by atoms with van der Waals surface area (Å²) in [7, 11) is 4.33. The quantitative estimate of drug-likeness (QED) is 0.541. The van der Waals surface area contributed by atoms with Gasteiger partial charge in [0, 0.05) is 24.7 Å². The van der Waals surface area contributed by atoms with E-state index in [1.165, 1.54) is 18.1 Å². The highest BCUT2D eigenvalue weighted by molar-refractivity contribution is 5.65. The van der Waals surface area contributed by atoms with Crippen LogP contribution in [0, 0.1) is 0 Å². The first-order valence-corrected chi connectivity index (χ1v) is 10.7. The van der Waals surface area contributed by atoms with Gasteiger partial charge in [0.25, 0.3) is 0 Å². The molecular formula is C25H36N2O3. The minimum absolute atomic E-state index is 0.0446. The molecule has 0 radical (unpaired) electrons. The molecule has 1 unspecified atom stereocenters. The molecule has 164 valence electrons. The van der Waals surface area contributed by atoms with Gasteiger partial charge in [0.2, 0.25) is 0 Å². The summed E-state index contributed by atoms with van der Waals surface area (Å²) in [5.41, 5.74) is 3.71. The Hall–Kier alpha value is -2.37. The maximum absolute atomic E-state index is 11.0. The third kappa shape index (κ3) is 6.85. The molecule has 1 N–H and O–H groups in total. The van der Waals surface area contributed by atoms with Gasteiger partial charge >= 0.3 is 5.97 Å². The third-order valence-corrected chi connectivity index (χ3v) is 5.85. The third-order valence-electron chi connectivity index (χ3n) is 5.85. The molecule has 0 fully saturated rings. The van der Waals surface area contributed by atoms with Crippen LogP contribution in [0.3, 0.4) is 0 Å². The fraction of sp³-hybridized carbons (Fsp3) is 0.480. The number of anilines is 1. The molecule has 0 bridgehead atoms. The van der Waals surface area contributed by atoms with Crippen LogP contribution in [0.15, 0.2) is 54.6 Å². The summed E-state index contributed by atoms with van der Waals surface area (Å²) < 4.78 is 5.06. The van der Waals surface area contributed by atoms with Crippen molar-refractivity contribution in [1.82, 2.24) is 4.90 Å². The van der Waals surface area contributed by atoms with E-state index in [4.69, 9.17) is 4.74 Å². The van der Waals surface area contributed by atoms with E-state index in [0.717, 1.165) is 24.9 Å². The van der Waals surface area contributed by atoms with E-state index >= 15 is 0 Å². The number of hydrogen-bond acceptors (Lipinski definition) is 5. The van der Waals surface area contributed by atoms with Crippen molar-refractivity contribution in [3.05, 3.63) is 65.7 Å². The molecular weight excluding hydrogens is 376 g/mol. The van der Waals surface area contributed by atoms with Crippen molar-refractivity contribution < 1.29 is 14.6 Å². The second kappa shape index (κ2) is 11.7. The van der Waals surface area contributed by atoms with Gasteiger partial charge < -0.3 is 19.6 Å². The van der Waals surface area contributed by atoms with E-state index in [0.29, 0.717) is 19.7 Å². The molecule has 0 aromatic heterocycles. The average Bonchev–Trinajstić information content (AvgIpc) is 2.73. The molecule has 2 rings (SSSR count). The predicted molar refractivity (Wildman–Crippen MR) is 123 cm³/mol. The van der Waals surface area contributed by atoms with E-state index in [2.05, 4.69) is 80.5 Å². The van der Waals surface area contributed by atoms with Crippen LogP contribution in [-0.4, -0.2) is 61.9 Å². The zero-order valence-corrected chi connectivity index (χ0v) is 18.8. The van der Waals surface area contributed by atoms with E-state index in [1.54, 1.807) is 0 Å². The second-order valence-electron chi connectivity index (χ2n) is 8.03. The number of aliphatic hydroxyl groups excluding tert-OH is 1. The number of carbonyl (C=O) groups is 1. The molecule has 0 heterocycles. The molecule has 2 aromatic rings. The number of nitrogens with zero attached hydrogens (tertiary/aromatic N) is 2. The number of esters is 1. The smallest absolute Gasteiger partial charge is 0.302 e. The summed E-state index contributed by atoms with van der Waals surface area (Å²) in [4.78, 5) is 15.4. The lowest BCUT2D eigenvalue weighted by atomic mass is 9.81. The summed E-state index contributed by atoms with van der Waals surface area (Å²) in [6.45, 7) is 5.10. The van der Waals surface area contributed by atoms with Crippen molar-refractivity contribution in [3.63, 3.8) is 0 Å². The molecule has 0 saturated carbocycles. The molecule has 0 aliphatic rings. The number of hydrogen-bond donors (Lipinski definition) is 1. The highest BCUT2D eigenvalue weighted by Crippen LogP contribution is 2.28. The van der Waals surface area contributed by atoms with Crippen LogP contribution in [-0.2, 0) is 22.4 Å². The van der Waals surface area contributed by atoms with Crippen LogP contribution in [0.25, 0.3) is 0 Å². The fourth-order valence-corrected chi connectivity index (χ4v) is 3.92. The van der Waals surface area contributed by atoms with E-state index in [-0.39, 0.29) is 18.1 Å². The molecule has 30 heavy (non-hydrogen) atoms. The number of carbonyl (C=O) groups excluding carboxylic acids is 1. The second-order valence-corrected chi connectivity index (χ2v) is 8.03. The fourth-order valence-electron chi connectivity index (χ4n) is 3.92. The summed E-state index contributed by atoms with van der Waals surface area (Å²) in [5.74, 6) is -0.285. The molecule has 0 saturated heterocycles. The van der Waals surface area contributed by atoms with Crippen LogP contribution < -0.4 is 4.90 Å². The maximum atomic E-state index is 11.0. The molecule has 0 aliphatic heterocycles. The van der Waals surface area contributed by atoms with Crippen LogP contribution in [0.2, 0.25) is 0 Å². The van der Waals surface area contributed by atoms with Gasteiger partial charge in [-0.25, -0.2) is 0 Å². The van der Waals surface area contributed by atoms with Crippen LogP contribution in [0.1, 0.15) is 31.4 Å². The van der Waals surface area contributed by atoms with Gasteiger partial charge in [-0.1, -0.05) is 49.4 Å². The van der Waals surface area contributed by atoms with Crippen molar-refractivity contribution >= 4 is 11.7 Å². The van der Waals surface area contributed by atoms with Gasteiger partial charge in [-0.3, -0.25) is 4.79 Å². The summed E-state index contributed by atoms with van der Waals surface area (Å²) in [5, 5.41) is 9.39. The zero-order valence-electron chi connectivity index (χ0n) is 18.8. The van der Waals surface area contributed by atoms with Crippen molar-refractivity contribution in [3.8, 4) is 0 Å². The average molecular weight is 413 g/mol. The van der Waals surface area contributed by atoms with Crippen molar-refractivity contribution in [1.29, 1.82) is 0 Å². The van der Waals surface area contributed by atoms with Gasteiger partial charge in [-0.2, -0.15) is 0 Å². The van der Waals surface area contributed by atoms with Crippen LogP contribution in [0.5, 0.6) is 0 Å². The van der Waals surface area contributed by atoms with Crippen LogP contribution in [0.4, 0.5) is 5.69 Å². The number of rotatable bonds is 12. The Kier molecular flexibility index (Phi) is 9.34. The summed E-state index contributed by atoms with van der Waals surface area (Å²) >= 11 is 0. The molecule has 1 atom stereocenters. The van der Waals surface area contributed by atoms with Gasteiger partial charge in [0.1, 0.15) is 6.61 Å². The van der Waals surface area contributed by atoms with Crippen molar-refractivity contribution in [2.45, 2.75) is 38.6 Å². The molecule has 5 heteroatoms. The monoisotopic (exact) mass is 412 g/mol. The standard InChI is InChI=1S/C25H36N2O3/c1-5-25(26(3)4,19-22-9-7-6-8-10-22)20-23-11-13-24(14-12-23)27(15-17-28)16-18-30-21(2)29/h6-14,28H,5,15-20H2,1-4H3. The number of likely N-dealkylation sites (N-methyl/N-ethyl adjacent to an activating group) is 1. The first kappa shape index (κ1) is 23.9. The molecule has 5 nitrogen and oxygen atoms in total. The zero-order chi connectivity index (χ0) is 22.0. The predicted octanol–water partition coefficient (Wildman–Crippen LogP) is 3.54. The van der Waals surface area contributed by atoms with Gasteiger partial charge in [0.15, 0.2) is 0 Å². The Morgan fingerprint density at radius 2 is 1.57 bits per heavy atom. The minimum Gasteiger partial charge on any atom is -0.464 e. The van der Waals surface area contributed by atoms with Gasteiger partial charge in [-0.05, 0) is 56.6 Å². The Labute approximate surface area is 181 Å². The molecule has 2 aromatic carbocycles. The highest BCUT2D eigenvalue weighted by Gasteiger charge is 2.31. The Bertz CT molecular complexity index is 762. The summed E-state index contributed by atoms with van der Waals surface area (Å²) in [6.07, 6.45) is 3.01. The molecule has 0 aliphatic carbocycles. The maximum Gasteiger partial charge on any atom is 0.302 e. The number of benzene rings is 2. The first-order valence-electron chi connectivity index (χ1n) is 10.7. The van der Waals surface area contributed by atoms with Crippen molar-refractivity contribution in [2.24, 2.45) is 0 Å². The Balaban J connectivity index is 2.14. The largest absolute Gasteiger partial charge is 0.464 e. The van der Waals surface area contributed by atoms with Gasteiger partial charge in [0.05, 0.1) is 13.2 Å². The first-order chi connectivity index (χ1) is 14.4. The summed E-state index contributed by atoms with van der Waals surface area (Å²) in [6, 6.07) is 19.2. The minimum atomic E-state index is -0.285. The lowest BCUT2D eigenvalue weighted by Gasteiger charge is -2.40. The van der Waals surface area contributed by atoms with E-state index < -0.39 is 0 Å².